The van der Waals surface area contributed by atoms with Crippen LogP contribution in [0.2, 0.25) is 0 Å². The zero-order chi connectivity index (χ0) is 15.9. The molecule has 1 aromatic heterocycles. The van der Waals surface area contributed by atoms with Crippen LogP contribution in [-0.2, 0) is 6.54 Å². The molecule has 0 spiro atoms. The number of benzene rings is 1. The number of thiophene rings is 1. The molecule has 0 saturated heterocycles. The van der Waals surface area contributed by atoms with Crippen LogP contribution in [0.15, 0.2) is 41.8 Å². The lowest BCUT2D eigenvalue weighted by Crippen LogP contribution is -2.38. The molecule has 2 rings (SSSR count). The lowest BCUT2D eigenvalue weighted by Gasteiger charge is -2.11. The first-order chi connectivity index (χ1) is 10.5. The summed E-state index contributed by atoms with van der Waals surface area (Å²) in [6.45, 7) is 4.52. The third-order valence-electron chi connectivity index (χ3n) is 2.72. The van der Waals surface area contributed by atoms with Crippen LogP contribution < -0.4 is 15.4 Å². The van der Waals surface area contributed by atoms with Crippen LogP contribution in [0.4, 0.5) is 0 Å². The number of thiocarbonyl (C=S) groups is 1. The zero-order valence-corrected chi connectivity index (χ0v) is 14.1. The van der Waals surface area contributed by atoms with Gasteiger partial charge in [-0.05, 0) is 61.8 Å². The molecule has 2 N–H and O–H groups in total. The molecule has 116 valence electrons. The molecule has 0 radical (unpaired) electrons. The molecule has 2 aromatic rings. The van der Waals surface area contributed by atoms with Gasteiger partial charge in [0.1, 0.15) is 5.75 Å². The van der Waals surface area contributed by atoms with Crippen LogP contribution in [0.1, 0.15) is 29.1 Å². The molecule has 1 aromatic carbocycles. The first kappa shape index (κ1) is 16.5. The minimum Gasteiger partial charge on any atom is -0.491 e. The van der Waals surface area contributed by atoms with Gasteiger partial charge in [-0.3, -0.25) is 10.1 Å². The highest BCUT2D eigenvalue weighted by atomic mass is 32.1. The van der Waals surface area contributed by atoms with E-state index in [1.807, 2.05) is 31.4 Å². The molecule has 0 fully saturated rings. The van der Waals surface area contributed by atoms with Crippen molar-refractivity contribution in [3.05, 3.63) is 52.2 Å². The maximum Gasteiger partial charge on any atom is 0.257 e. The number of ether oxygens (including phenoxy) is 1. The molecule has 0 aliphatic rings. The Kier molecular flexibility index (Phi) is 5.91. The summed E-state index contributed by atoms with van der Waals surface area (Å²) < 4.78 is 5.54. The molecule has 1 heterocycles. The van der Waals surface area contributed by atoms with Crippen molar-refractivity contribution in [3.63, 3.8) is 0 Å². The first-order valence-corrected chi connectivity index (χ1v) is 8.21. The maximum absolute atomic E-state index is 12.1. The Labute approximate surface area is 139 Å². The van der Waals surface area contributed by atoms with Crippen molar-refractivity contribution in [1.29, 1.82) is 0 Å². The maximum atomic E-state index is 12.1. The topological polar surface area (TPSA) is 50.4 Å². The second-order valence-electron chi connectivity index (χ2n) is 4.91. The van der Waals surface area contributed by atoms with Crippen molar-refractivity contribution in [2.75, 3.05) is 0 Å². The number of rotatable bonds is 5. The number of amides is 1. The van der Waals surface area contributed by atoms with Crippen LogP contribution in [0.5, 0.6) is 5.75 Å². The fourth-order valence-electron chi connectivity index (χ4n) is 1.76. The van der Waals surface area contributed by atoms with Crippen molar-refractivity contribution < 1.29 is 9.53 Å². The molecule has 6 heteroatoms. The van der Waals surface area contributed by atoms with Crippen molar-refractivity contribution >= 4 is 34.6 Å². The summed E-state index contributed by atoms with van der Waals surface area (Å²) in [5, 5.41) is 7.99. The molecule has 0 aliphatic heterocycles. The Hall–Kier alpha value is -1.92. The number of nitrogens with one attached hydrogen (secondary N) is 2. The van der Waals surface area contributed by atoms with Gasteiger partial charge in [-0.2, -0.15) is 0 Å². The lowest BCUT2D eigenvalue weighted by molar-refractivity contribution is 0.0976. The van der Waals surface area contributed by atoms with E-state index in [0.717, 1.165) is 10.6 Å². The fraction of sp³-hybridized carbons (Fsp3) is 0.250. The van der Waals surface area contributed by atoms with Crippen LogP contribution >= 0.6 is 23.6 Å². The standard InChI is InChI=1S/C16H18N2O2S2/c1-11(2)20-13-7-5-12(6-8-13)15(19)18-16(21)17-10-14-4-3-9-22-14/h3-9,11H,10H2,1-2H3,(H2,17,18,19,21). The van der Waals surface area contributed by atoms with E-state index in [-0.39, 0.29) is 12.0 Å². The molecular weight excluding hydrogens is 316 g/mol. The fourth-order valence-corrected chi connectivity index (χ4v) is 2.57. The quantitative estimate of drug-likeness (QED) is 0.824. The Morgan fingerprint density at radius 2 is 2.00 bits per heavy atom. The molecule has 0 atom stereocenters. The van der Waals surface area contributed by atoms with Crippen molar-refractivity contribution in [1.82, 2.24) is 10.6 Å². The minimum absolute atomic E-state index is 0.105. The zero-order valence-electron chi connectivity index (χ0n) is 12.5. The highest BCUT2D eigenvalue weighted by Gasteiger charge is 2.08. The van der Waals surface area contributed by atoms with E-state index >= 15 is 0 Å². The summed E-state index contributed by atoms with van der Waals surface area (Å²) in [5.74, 6) is 0.504. The summed E-state index contributed by atoms with van der Waals surface area (Å²) in [7, 11) is 0. The average Bonchev–Trinajstić information content (AvgIpc) is 2.98. The number of hydrogen-bond acceptors (Lipinski definition) is 4. The highest BCUT2D eigenvalue weighted by Crippen LogP contribution is 2.13. The minimum atomic E-state index is -0.236. The van der Waals surface area contributed by atoms with Gasteiger partial charge in [-0.1, -0.05) is 6.07 Å². The van der Waals surface area contributed by atoms with E-state index in [1.165, 1.54) is 0 Å². The van der Waals surface area contributed by atoms with Gasteiger partial charge < -0.3 is 10.1 Å². The van der Waals surface area contributed by atoms with Gasteiger partial charge in [0, 0.05) is 10.4 Å². The Morgan fingerprint density at radius 1 is 1.27 bits per heavy atom. The van der Waals surface area contributed by atoms with Gasteiger partial charge in [-0.25, -0.2) is 0 Å². The van der Waals surface area contributed by atoms with E-state index in [4.69, 9.17) is 17.0 Å². The van der Waals surface area contributed by atoms with Gasteiger partial charge in [0.05, 0.1) is 12.6 Å². The number of carbonyl (C=O) groups excluding carboxylic acids is 1. The molecule has 22 heavy (non-hydrogen) atoms. The van der Waals surface area contributed by atoms with E-state index in [2.05, 4.69) is 10.6 Å². The number of carbonyl (C=O) groups is 1. The van der Waals surface area contributed by atoms with Crippen LogP contribution in [0, 0.1) is 0 Å². The second kappa shape index (κ2) is 7.91. The summed E-state index contributed by atoms with van der Waals surface area (Å²) in [6.07, 6.45) is 0.105. The van der Waals surface area contributed by atoms with Crippen molar-refractivity contribution in [2.24, 2.45) is 0 Å². The Bertz CT molecular complexity index is 622. The first-order valence-electron chi connectivity index (χ1n) is 6.93. The number of hydrogen-bond donors (Lipinski definition) is 2. The van der Waals surface area contributed by atoms with Crippen molar-refractivity contribution in [3.8, 4) is 5.75 Å². The van der Waals surface area contributed by atoms with Gasteiger partial charge >= 0.3 is 0 Å². The van der Waals surface area contributed by atoms with Crippen LogP contribution in [0.25, 0.3) is 0 Å². The lowest BCUT2D eigenvalue weighted by atomic mass is 10.2. The molecule has 1 amide bonds. The van der Waals surface area contributed by atoms with Gasteiger partial charge in [-0.15, -0.1) is 11.3 Å². The summed E-state index contributed by atoms with van der Waals surface area (Å²) in [6, 6.07) is 11.0. The third-order valence-corrected chi connectivity index (χ3v) is 3.84. The molecule has 0 bridgehead atoms. The predicted octanol–water partition coefficient (Wildman–Crippen LogP) is 3.34. The smallest absolute Gasteiger partial charge is 0.257 e. The normalized spacial score (nSPS) is 10.3. The molecule has 0 saturated carbocycles. The van der Waals surface area contributed by atoms with E-state index in [1.54, 1.807) is 35.6 Å². The molecule has 4 nitrogen and oxygen atoms in total. The second-order valence-corrected chi connectivity index (χ2v) is 6.35. The predicted molar refractivity (Wildman–Crippen MR) is 93.4 cm³/mol. The summed E-state index contributed by atoms with van der Waals surface area (Å²) in [4.78, 5) is 13.2. The van der Waals surface area contributed by atoms with Crippen molar-refractivity contribution in [2.45, 2.75) is 26.5 Å². The summed E-state index contributed by atoms with van der Waals surface area (Å²) in [5.41, 5.74) is 0.538. The SMILES string of the molecule is CC(C)Oc1ccc(C(=O)NC(=S)NCc2cccs2)cc1. The van der Waals surface area contributed by atoms with Gasteiger partial charge in [0.2, 0.25) is 0 Å². The van der Waals surface area contributed by atoms with Crippen LogP contribution in [-0.4, -0.2) is 17.1 Å². The van der Waals surface area contributed by atoms with E-state index < -0.39 is 0 Å². The molecule has 0 unspecified atom stereocenters. The third kappa shape index (κ3) is 5.13. The van der Waals surface area contributed by atoms with E-state index in [0.29, 0.717) is 17.2 Å². The van der Waals surface area contributed by atoms with Gasteiger partial charge in [0.25, 0.3) is 5.91 Å². The monoisotopic (exact) mass is 334 g/mol. The molecule has 0 aliphatic carbocycles. The largest absolute Gasteiger partial charge is 0.491 e. The Morgan fingerprint density at radius 3 is 2.59 bits per heavy atom. The van der Waals surface area contributed by atoms with E-state index in [9.17, 15) is 4.79 Å². The average molecular weight is 334 g/mol. The van der Waals surface area contributed by atoms with Crippen LogP contribution in [0.3, 0.4) is 0 Å². The molecular formula is C16H18N2O2S2. The summed E-state index contributed by atoms with van der Waals surface area (Å²) >= 11 is 6.76. The highest BCUT2D eigenvalue weighted by molar-refractivity contribution is 7.80. The Balaban J connectivity index is 1.84. The van der Waals surface area contributed by atoms with Gasteiger partial charge in [0.15, 0.2) is 5.11 Å².